The molecule has 2 atom stereocenters. The maximum Gasteiger partial charge on any atom is 0.260 e. The van der Waals surface area contributed by atoms with Crippen molar-refractivity contribution < 1.29 is 22.7 Å². The third kappa shape index (κ3) is 5.75. The molecular weight excluding hydrogens is 514 g/mol. The van der Waals surface area contributed by atoms with Gasteiger partial charge in [0, 0.05) is 33.7 Å². The van der Waals surface area contributed by atoms with Crippen molar-refractivity contribution in [1.82, 2.24) is 9.21 Å². The number of hydrogen-bond acceptors (Lipinski definition) is 5. The molecule has 3 aromatic rings. The zero-order valence-corrected chi connectivity index (χ0v) is 23.1. The van der Waals surface area contributed by atoms with Crippen LogP contribution in [-0.4, -0.2) is 67.7 Å². The number of nitrogens with two attached hydrogens (primary N) is 1. The Morgan fingerprint density at radius 1 is 0.949 bits per heavy atom. The number of hydrogen-bond donors (Lipinski definition) is 1. The summed E-state index contributed by atoms with van der Waals surface area (Å²) >= 11 is 0. The molecule has 3 aromatic carbocycles. The molecule has 1 aliphatic heterocycles. The van der Waals surface area contributed by atoms with Crippen LogP contribution in [0.4, 0.5) is 0 Å². The Bertz CT molecular complexity index is 1330. The van der Waals surface area contributed by atoms with E-state index in [-0.39, 0.29) is 13.0 Å². The number of nitrogens with zero attached hydrogens (tertiary/aromatic N) is 2. The summed E-state index contributed by atoms with van der Waals surface area (Å²) in [6, 6.07) is 28.2. The van der Waals surface area contributed by atoms with Crippen LogP contribution in [0.5, 0.6) is 0 Å². The first-order valence-corrected chi connectivity index (χ1v) is 14.4. The van der Waals surface area contributed by atoms with Crippen LogP contribution in [0, 0.1) is 0 Å². The molecule has 9 heteroatoms. The summed E-state index contributed by atoms with van der Waals surface area (Å²) in [5.41, 5.74) is 8.39. The van der Waals surface area contributed by atoms with E-state index >= 15 is 0 Å². The Morgan fingerprint density at radius 2 is 1.46 bits per heavy atom. The molecule has 0 bridgehead atoms. The summed E-state index contributed by atoms with van der Waals surface area (Å²) in [5, 5.41) is 0. The van der Waals surface area contributed by atoms with Gasteiger partial charge in [0.05, 0.1) is 12.0 Å². The second-order valence-electron chi connectivity index (χ2n) is 9.93. The summed E-state index contributed by atoms with van der Waals surface area (Å²) in [6.07, 6.45) is 0.571. The lowest BCUT2D eigenvalue weighted by Crippen LogP contribution is -2.64. The Labute approximate surface area is 230 Å². The Kier molecular flexibility index (Phi) is 8.84. The predicted molar refractivity (Wildman–Crippen MR) is 150 cm³/mol. The van der Waals surface area contributed by atoms with E-state index in [4.69, 9.17) is 10.5 Å². The highest BCUT2D eigenvalue weighted by molar-refractivity contribution is 7.91. The van der Waals surface area contributed by atoms with Crippen LogP contribution in [-0.2, 0) is 30.8 Å². The molecule has 1 fully saturated rings. The fraction of sp³-hybridized carbons (Fsp3) is 0.333. The highest BCUT2D eigenvalue weighted by Gasteiger charge is 2.63. The Hall–Kier alpha value is -3.53. The molecule has 39 heavy (non-hydrogen) atoms. The zero-order chi connectivity index (χ0) is 28.0. The molecule has 1 heterocycles. The van der Waals surface area contributed by atoms with Crippen molar-refractivity contribution in [3.8, 4) is 0 Å². The van der Waals surface area contributed by atoms with Crippen molar-refractivity contribution in [2.24, 2.45) is 5.73 Å². The number of carbonyl (C=O) groups excluding carboxylic acids is 2. The van der Waals surface area contributed by atoms with Gasteiger partial charge in [0.1, 0.15) is 0 Å². The lowest BCUT2D eigenvalue weighted by atomic mass is 9.89. The molecule has 1 saturated heterocycles. The lowest BCUT2D eigenvalue weighted by molar-refractivity contribution is -0.140. The number of amides is 2. The maximum absolute atomic E-state index is 14.4. The molecule has 4 rings (SSSR count). The summed E-state index contributed by atoms with van der Waals surface area (Å²) in [6.45, 7) is 0.273. The van der Waals surface area contributed by atoms with Crippen molar-refractivity contribution in [3.63, 3.8) is 0 Å². The van der Waals surface area contributed by atoms with E-state index in [9.17, 15) is 18.0 Å². The van der Waals surface area contributed by atoms with E-state index < -0.39 is 38.7 Å². The zero-order valence-electron chi connectivity index (χ0n) is 22.3. The van der Waals surface area contributed by atoms with Gasteiger partial charge in [-0.25, -0.2) is 12.7 Å². The van der Waals surface area contributed by atoms with Crippen molar-refractivity contribution >= 4 is 21.8 Å². The fourth-order valence-electron chi connectivity index (χ4n) is 5.22. The van der Waals surface area contributed by atoms with Gasteiger partial charge in [0.25, 0.3) is 5.91 Å². The molecule has 0 spiro atoms. The molecule has 1 aliphatic rings. The van der Waals surface area contributed by atoms with E-state index in [0.29, 0.717) is 24.2 Å². The number of rotatable bonds is 11. The van der Waals surface area contributed by atoms with E-state index in [0.717, 1.165) is 15.6 Å². The predicted octanol–water partition coefficient (Wildman–Crippen LogP) is 3.14. The van der Waals surface area contributed by atoms with Gasteiger partial charge in [-0.2, -0.15) is 0 Å². The van der Waals surface area contributed by atoms with Gasteiger partial charge in [-0.3, -0.25) is 9.59 Å². The van der Waals surface area contributed by atoms with Crippen LogP contribution in [0.25, 0.3) is 0 Å². The summed E-state index contributed by atoms with van der Waals surface area (Å²) in [4.78, 5) is 26.3. The third-order valence-corrected chi connectivity index (χ3v) is 9.61. The highest BCUT2D eigenvalue weighted by atomic mass is 32.2. The van der Waals surface area contributed by atoms with Gasteiger partial charge < -0.3 is 15.4 Å². The molecule has 0 aliphatic carbocycles. The number of carbonyl (C=O) groups is 2. The first-order valence-electron chi connectivity index (χ1n) is 13.0. The molecule has 206 valence electrons. The maximum atomic E-state index is 14.4. The summed E-state index contributed by atoms with van der Waals surface area (Å²) in [5.74, 6) is -2.45. The van der Waals surface area contributed by atoms with Crippen molar-refractivity contribution in [2.45, 2.75) is 36.2 Å². The SMILES string of the molecule is CN(C)S(=O)(=O)C1(C(N)=O)CC(OCCCc2ccccc2)CN1C(=O)C(c1ccccc1)c1ccccc1. The standard InChI is InChI=1S/C30H35N3O5S/c1-32(2)39(36,37)30(29(31)35)21-26(38-20-12-15-23-13-6-3-7-14-23)22-33(30)28(34)27(24-16-8-4-9-17-24)25-18-10-5-11-19-25/h3-11,13-14,16-19,26-27H,12,15,20-22H2,1-2H3,(H2,31,35). The second kappa shape index (κ2) is 12.1. The number of likely N-dealkylation sites (tertiary alicyclic amines) is 1. The van der Waals surface area contributed by atoms with Crippen molar-refractivity contribution in [2.75, 3.05) is 27.2 Å². The van der Waals surface area contributed by atoms with E-state index in [1.165, 1.54) is 19.7 Å². The van der Waals surface area contributed by atoms with Crippen LogP contribution < -0.4 is 5.73 Å². The largest absolute Gasteiger partial charge is 0.376 e. The second-order valence-corrected chi connectivity index (χ2v) is 12.3. The van der Waals surface area contributed by atoms with Crippen LogP contribution in [0.1, 0.15) is 35.4 Å². The summed E-state index contributed by atoms with van der Waals surface area (Å²) < 4.78 is 34.5. The number of aryl methyl sites for hydroxylation is 1. The number of primary amides is 1. The van der Waals surface area contributed by atoms with Gasteiger partial charge in [-0.15, -0.1) is 0 Å². The van der Waals surface area contributed by atoms with E-state index in [1.54, 1.807) is 0 Å². The minimum absolute atomic E-state index is 0.0731. The third-order valence-electron chi connectivity index (χ3n) is 7.20. The van der Waals surface area contributed by atoms with Gasteiger partial charge in [0.15, 0.2) is 0 Å². The quantitative estimate of drug-likeness (QED) is 0.370. The van der Waals surface area contributed by atoms with Gasteiger partial charge >= 0.3 is 0 Å². The van der Waals surface area contributed by atoms with Crippen LogP contribution in [0.2, 0.25) is 0 Å². The molecule has 2 N–H and O–H groups in total. The van der Waals surface area contributed by atoms with Gasteiger partial charge in [-0.05, 0) is 29.5 Å². The van der Waals surface area contributed by atoms with Gasteiger partial charge in [0.2, 0.25) is 20.8 Å². The average Bonchev–Trinajstić information content (AvgIpc) is 3.35. The number of benzene rings is 3. The molecule has 0 saturated carbocycles. The number of ether oxygens (including phenoxy) is 1. The minimum atomic E-state index is -4.35. The topological polar surface area (TPSA) is 110 Å². The van der Waals surface area contributed by atoms with E-state index in [1.807, 2.05) is 91.0 Å². The highest BCUT2D eigenvalue weighted by Crippen LogP contribution is 2.40. The molecule has 2 unspecified atom stereocenters. The molecular formula is C30H35N3O5S. The monoisotopic (exact) mass is 549 g/mol. The Balaban J connectivity index is 1.68. The molecule has 2 amide bonds. The van der Waals surface area contributed by atoms with E-state index in [2.05, 4.69) is 0 Å². The van der Waals surface area contributed by atoms with Crippen molar-refractivity contribution in [1.29, 1.82) is 0 Å². The smallest absolute Gasteiger partial charge is 0.260 e. The van der Waals surface area contributed by atoms with Gasteiger partial charge in [-0.1, -0.05) is 91.0 Å². The lowest BCUT2D eigenvalue weighted by Gasteiger charge is -2.38. The van der Waals surface area contributed by atoms with Crippen LogP contribution >= 0.6 is 0 Å². The van der Waals surface area contributed by atoms with Crippen molar-refractivity contribution in [3.05, 3.63) is 108 Å². The normalized spacial score (nSPS) is 19.5. The Morgan fingerprint density at radius 3 is 1.95 bits per heavy atom. The summed E-state index contributed by atoms with van der Waals surface area (Å²) in [7, 11) is -1.68. The first-order chi connectivity index (χ1) is 18.7. The average molecular weight is 550 g/mol. The molecule has 0 radical (unpaired) electrons. The van der Waals surface area contributed by atoms with Crippen LogP contribution in [0.15, 0.2) is 91.0 Å². The number of sulfonamides is 1. The van der Waals surface area contributed by atoms with Crippen LogP contribution in [0.3, 0.4) is 0 Å². The minimum Gasteiger partial charge on any atom is -0.376 e. The molecule has 0 aromatic heterocycles. The fourth-order valence-corrected chi connectivity index (χ4v) is 6.91. The molecule has 8 nitrogen and oxygen atoms in total. The first kappa shape index (κ1) is 28.5.